The predicted octanol–water partition coefficient (Wildman–Crippen LogP) is 1.81. The van der Waals surface area contributed by atoms with Gasteiger partial charge in [0.1, 0.15) is 11.8 Å². The number of fused-ring (bicyclic) bond motifs is 1. The number of benzene rings is 1. The summed E-state index contributed by atoms with van der Waals surface area (Å²) in [6.07, 6.45) is 2.76. The number of ether oxygens (including phenoxy) is 1. The van der Waals surface area contributed by atoms with E-state index in [-0.39, 0.29) is 0 Å². The van der Waals surface area contributed by atoms with Gasteiger partial charge < -0.3 is 15.6 Å². The second-order valence-corrected chi connectivity index (χ2v) is 4.29. The Morgan fingerprint density at radius 1 is 1.42 bits per heavy atom. The fraction of sp³-hybridized carbons (Fsp3) is 0.286. The van der Waals surface area contributed by atoms with E-state index in [1.54, 1.807) is 6.20 Å². The summed E-state index contributed by atoms with van der Waals surface area (Å²) in [4.78, 5) is 14.8. The van der Waals surface area contributed by atoms with E-state index in [2.05, 4.69) is 4.98 Å². The molecule has 0 amide bonds. The van der Waals surface area contributed by atoms with Crippen LogP contribution in [0, 0.1) is 0 Å². The molecular weight excluding hydrogens is 244 g/mol. The topological polar surface area (TPSA) is 85.4 Å². The van der Waals surface area contributed by atoms with E-state index in [4.69, 9.17) is 15.6 Å². The number of nitrogens with two attached hydrogens (primary N) is 1. The molecule has 2 aromatic rings. The van der Waals surface area contributed by atoms with Gasteiger partial charge in [0.15, 0.2) is 0 Å². The van der Waals surface area contributed by atoms with E-state index < -0.39 is 12.0 Å². The molecule has 0 aliphatic heterocycles. The SMILES string of the molecule is NC(CCCOc1ccc2ncccc2c1)C(=O)O. The number of hydrogen-bond donors (Lipinski definition) is 2. The van der Waals surface area contributed by atoms with Crippen LogP contribution in [0.3, 0.4) is 0 Å². The normalized spacial score (nSPS) is 12.3. The lowest BCUT2D eigenvalue weighted by Gasteiger charge is -2.08. The molecule has 100 valence electrons. The Kier molecular flexibility index (Phi) is 4.30. The van der Waals surface area contributed by atoms with Gasteiger partial charge in [-0.3, -0.25) is 9.78 Å². The summed E-state index contributed by atoms with van der Waals surface area (Å²) in [7, 11) is 0. The van der Waals surface area contributed by atoms with Gasteiger partial charge in [0.2, 0.25) is 0 Å². The van der Waals surface area contributed by atoms with Crippen molar-refractivity contribution >= 4 is 16.9 Å². The van der Waals surface area contributed by atoms with Crippen molar-refractivity contribution in [3.05, 3.63) is 36.5 Å². The van der Waals surface area contributed by atoms with Crippen LogP contribution in [0.15, 0.2) is 36.5 Å². The van der Waals surface area contributed by atoms with Crippen molar-refractivity contribution < 1.29 is 14.6 Å². The Balaban J connectivity index is 1.86. The van der Waals surface area contributed by atoms with Crippen molar-refractivity contribution in [2.24, 2.45) is 5.73 Å². The minimum atomic E-state index is -0.975. The molecule has 0 saturated carbocycles. The lowest BCUT2D eigenvalue weighted by Crippen LogP contribution is -2.30. The van der Waals surface area contributed by atoms with E-state index in [1.165, 1.54) is 0 Å². The number of carboxylic acids is 1. The second-order valence-electron chi connectivity index (χ2n) is 4.29. The standard InChI is InChI=1S/C14H16N2O3/c15-12(14(17)18)4-2-8-19-11-5-6-13-10(9-11)3-1-7-16-13/h1,3,5-7,9,12H,2,4,8,15H2,(H,17,18). The summed E-state index contributed by atoms with van der Waals surface area (Å²) in [5.74, 6) is -0.221. The number of hydrogen-bond acceptors (Lipinski definition) is 4. The third-order valence-electron chi connectivity index (χ3n) is 2.82. The van der Waals surface area contributed by atoms with Gasteiger partial charge in [0.05, 0.1) is 12.1 Å². The molecule has 0 aliphatic rings. The summed E-state index contributed by atoms with van der Waals surface area (Å²) in [6, 6.07) is 8.69. The average Bonchev–Trinajstić information content (AvgIpc) is 2.43. The van der Waals surface area contributed by atoms with Gasteiger partial charge in [0, 0.05) is 11.6 Å². The molecule has 1 heterocycles. The first-order valence-corrected chi connectivity index (χ1v) is 6.13. The summed E-state index contributed by atoms with van der Waals surface area (Å²) in [5, 5.41) is 9.66. The van der Waals surface area contributed by atoms with Crippen LogP contribution in [0.2, 0.25) is 0 Å². The van der Waals surface area contributed by atoms with E-state index in [1.807, 2.05) is 30.3 Å². The average molecular weight is 260 g/mol. The summed E-state index contributed by atoms with van der Waals surface area (Å²) >= 11 is 0. The molecule has 19 heavy (non-hydrogen) atoms. The molecule has 0 spiro atoms. The van der Waals surface area contributed by atoms with Crippen LogP contribution in [-0.4, -0.2) is 28.7 Å². The number of aliphatic carboxylic acids is 1. The highest BCUT2D eigenvalue weighted by Crippen LogP contribution is 2.19. The minimum Gasteiger partial charge on any atom is -0.494 e. The number of aromatic nitrogens is 1. The van der Waals surface area contributed by atoms with Gasteiger partial charge in [0.25, 0.3) is 0 Å². The Morgan fingerprint density at radius 2 is 2.26 bits per heavy atom. The second kappa shape index (κ2) is 6.15. The van der Waals surface area contributed by atoms with Gasteiger partial charge in [-0.1, -0.05) is 6.07 Å². The summed E-state index contributed by atoms with van der Waals surface area (Å²) < 4.78 is 5.57. The maximum Gasteiger partial charge on any atom is 0.320 e. The fourth-order valence-corrected chi connectivity index (χ4v) is 1.76. The first kappa shape index (κ1) is 13.3. The van der Waals surface area contributed by atoms with Crippen LogP contribution in [0.1, 0.15) is 12.8 Å². The van der Waals surface area contributed by atoms with Crippen LogP contribution < -0.4 is 10.5 Å². The molecule has 3 N–H and O–H groups in total. The molecule has 1 atom stereocenters. The van der Waals surface area contributed by atoms with Crippen LogP contribution in [-0.2, 0) is 4.79 Å². The molecule has 0 fully saturated rings. The largest absolute Gasteiger partial charge is 0.494 e. The number of rotatable bonds is 6. The molecule has 0 radical (unpaired) electrons. The molecule has 5 heteroatoms. The number of carbonyl (C=O) groups is 1. The van der Waals surface area contributed by atoms with Crippen molar-refractivity contribution in [2.75, 3.05) is 6.61 Å². The lowest BCUT2D eigenvalue weighted by molar-refractivity contribution is -0.138. The first-order chi connectivity index (χ1) is 9.16. The molecule has 1 aromatic heterocycles. The summed E-state index contributed by atoms with van der Waals surface area (Å²) in [5.41, 5.74) is 6.33. The van der Waals surface area contributed by atoms with E-state index in [9.17, 15) is 4.79 Å². The monoisotopic (exact) mass is 260 g/mol. The highest BCUT2D eigenvalue weighted by molar-refractivity contribution is 5.79. The molecule has 0 bridgehead atoms. The minimum absolute atomic E-state index is 0.407. The molecule has 0 aliphatic carbocycles. The predicted molar refractivity (Wildman–Crippen MR) is 72.1 cm³/mol. The number of pyridine rings is 1. The zero-order chi connectivity index (χ0) is 13.7. The van der Waals surface area contributed by atoms with Crippen LogP contribution in [0.4, 0.5) is 0 Å². The highest BCUT2D eigenvalue weighted by atomic mass is 16.5. The van der Waals surface area contributed by atoms with E-state index >= 15 is 0 Å². The fourth-order valence-electron chi connectivity index (χ4n) is 1.76. The van der Waals surface area contributed by atoms with Crippen LogP contribution >= 0.6 is 0 Å². The van der Waals surface area contributed by atoms with Crippen molar-refractivity contribution in [1.82, 2.24) is 4.98 Å². The third kappa shape index (κ3) is 3.66. The zero-order valence-corrected chi connectivity index (χ0v) is 10.5. The molecule has 5 nitrogen and oxygen atoms in total. The molecule has 1 aromatic carbocycles. The molecule has 2 rings (SSSR count). The Bertz CT molecular complexity index is 571. The van der Waals surface area contributed by atoms with Gasteiger partial charge >= 0.3 is 5.97 Å². The van der Waals surface area contributed by atoms with Gasteiger partial charge in [-0.05, 0) is 37.1 Å². The quantitative estimate of drug-likeness (QED) is 0.773. The number of carboxylic acid groups (broad SMARTS) is 1. The Morgan fingerprint density at radius 3 is 3.05 bits per heavy atom. The van der Waals surface area contributed by atoms with E-state index in [0.717, 1.165) is 16.7 Å². The molecule has 1 unspecified atom stereocenters. The maximum atomic E-state index is 10.5. The third-order valence-corrected chi connectivity index (χ3v) is 2.82. The van der Waals surface area contributed by atoms with Crippen molar-refractivity contribution in [2.45, 2.75) is 18.9 Å². The highest BCUT2D eigenvalue weighted by Gasteiger charge is 2.10. The Labute approximate surface area is 111 Å². The first-order valence-electron chi connectivity index (χ1n) is 6.13. The van der Waals surface area contributed by atoms with Crippen LogP contribution in [0.25, 0.3) is 10.9 Å². The van der Waals surface area contributed by atoms with Crippen molar-refractivity contribution in [3.63, 3.8) is 0 Å². The Hall–Kier alpha value is -2.14. The van der Waals surface area contributed by atoms with Gasteiger partial charge in [-0.15, -0.1) is 0 Å². The molecular formula is C14H16N2O3. The number of nitrogens with zero attached hydrogens (tertiary/aromatic N) is 1. The van der Waals surface area contributed by atoms with Gasteiger partial charge in [-0.2, -0.15) is 0 Å². The smallest absolute Gasteiger partial charge is 0.320 e. The van der Waals surface area contributed by atoms with Crippen LogP contribution in [0.5, 0.6) is 5.75 Å². The zero-order valence-electron chi connectivity index (χ0n) is 10.5. The van der Waals surface area contributed by atoms with Gasteiger partial charge in [-0.25, -0.2) is 0 Å². The summed E-state index contributed by atoms with van der Waals surface area (Å²) in [6.45, 7) is 0.451. The van der Waals surface area contributed by atoms with E-state index in [0.29, 0.717) is 19.4 Å². The molecule has 0 saturated heterocycles. The van der Waals surface area contributed by atoms with Crippen molar-refractivity contribution in [1.29, 1.82) is 0 Å². The van der Waals surface area contributed by atoms with Crippen molar-refractivity contribution in [3.8, 4) is 5.75 Å². The maximum absolute atomic E-state index is 10.5. The lowest BCUT2D eigenvalue weighted by atomic mass is 10.2.